The predicted molar refractivity (Wildman–Crippen MR) is 96.7 cm³/mol. The molecule has 1 saturated heterocycles. The minimum absolute atomic E-state index is 0.0341. The van der Waals surface area contributed by atoms with Crippen LogP contribution >= 0.6 is 23.1 Å². The lowest BCUT2D eigenvalue weighted by molar-refractivity contribution is -0.123. The average molecular weight is 359 g/mol. The normalized spacial score (nSPS) is 20.3. The Bertz CT molecular complexity index is 930. The Balaban J connectivity index is 1.70. The average Bonchev–Trinajstić information content (AvgIpc) is 3.14. The van der Waals surface area contributed by atoms with Crippen LogP contribution in [0.5, 0.6) is 0 Å². The molecule has 4 rings (SSSR count). The number of fused-ring (bicyclic) bond motifs is 1. The molecule has 1 atom stereocenters. The quantitative estimate of drug-likeness (QED) is 0.762. The highest BCUT2D eigenvalue weighted by molar-refractivity contribution is 8.01. The van der Waals surface area contributed by atoms with Crippen molar-refractivity contribution in [3.05, 3.63) is 35.4 Å². The van der Waals surface area contributed by atoms with Crippen LogP contribution in [0.3, 0.4) is 0 Å². The van der Waals surface area contributed by atoms with Gasteiger partial charge in [0, 0.05) is 5.75 Å². The molecule has 2 aromatic heterocycles. The Hall–Kier alpha value is -1.93. The van der Waals surface area contributed by atoms with E-state index < -0.39 is 4.75 Å². The summed E-state index contributed by atoms with van der Waals surface area (Å²) in [5.41, 5.74) is 1.92. The molecule has 0 aliphatic carbocycles. The number of nitrogens with zero attached hydrogens (tertiary/aromatic N) is 4. The van der Waals surface area contributed by atoms with E-state index >= 15 is 0 Å². The molecule has 0 spiro atoms. The van der Waals surface area contributed by atoms with Crippen molar-refractivity contribution in [2.45, 2.75) is 31.6 Å². The first-order valence-electron chi connectivity index (χ1n) is 7.66. The van der Waals surface area contributed by atoms with Gasteiger partial charge in [0.15, 0.2) is 5.82 Å². The summed E-state index contributed by atoms with van der Waals surface area (Å²) in [5, 5.41) is 8.47. The molecule has 3 heterocycles. The number of hydrogen-bond acceptors (Lipinski definition) is 6. The summed E-state index contributed by atoms with van der Waals surface area (Å²) >= 11 is 3.30. The van der Waals surface area contributed by atoms with E-state index in [1.807, 2.05) is 32.9 Å². The van der Waals surface area contributed by atoms with Crippen LogP contribution in [0, 0.1) is 6.92 Å². The SMILES string of the molecule is Cc1nc2ccc(-n3ncnc3[C@@H]3CSC(C)(C)C(=O)N3)cc2s1. The van der Waals surface area contributed by atoms with Gasteiger partial charge in [-0.2, -0.15) is 5.10 Å². The summed E-state index contributed by atoms with van der Waals surface area (Å²) in [6.07, 6.45) is 1.54. The fourth-order valence-corrected chi connectivity index (χ4v) is 4.58. The first-order chi connectivity index (χ1) is 11.4. The lowest BCUT2D eigenvalue weighted by Crippen LogP contribution is -2.47. The third kappa shape index (κ3) is 2.59. The van der Waals surface area contributed by atoms with Gasteiger partial charge in [-0.25, -0.2) is 14.6 Å². The summed E-state index contributed by atoms with van der Waals surface area (Å²) in [5.74, 6) is 1.57. The van der Waals surface area contributed by atoms with Gasteiger partial charge in [-0.15, -0.1) is 23.1 Å². The molecule has 1 N–H and O–H groups in total. The van der Waals surface area contributed by atoms with Gasteiger partial charge in [0.25, 0.3) is 0 Å². The summed E-state index contributed by atoms with van der Waals surface area (Å²) in [6.45, 7) is 5.88. The molecule has 0 bridgehead atoms. The molecule has 8 heteroatoms. The second-order valence-corrected chi connectivity index (χ2v) is 9.14. The van der Waals surface area contributed by atoms with E-state index in [2.05, 4.69) is 26.4 Å². The van der Waals surface area contributed by atoms with Crippen molar-refractivity contribution in [3.63, 3.8) is 0 Å². The molecule has 1 fully saturated rings. The number of thiazole rings is 1. The lowest BCUT2D eigenvalue weighted by Gasteiger charge is -2.33. The van der Waals surface area contributed by atoms with Crippen molar-refractivity contribution >= 4 is 39.2 Å². The zero-order valence-corrected chi connectivity index (χ0v) is 15.2. The topological polar surface area (TPSA) is 72.7 Å². The zero-order chi connectivity index (χ0) is 16.9. The zero-order valence-electron chi connectivity index (χ0n) is 13.6. The molecule has 0 unspecified atom stereocenters. The number of aromatic nitrogens is 4. The number of rotatable bonds is 2. The highest BCUT2D eigenvalue weighted by atomic mass is 32.2. The van der Waals surface area contributed by atoms with Gasteiger partial charge >= 0.3 is 0 Å². The molecule has 0 saturated carbocycles. The Labute approximate surface area is 147 Å². The second-order valence-electron chi connectivity index (χ2n) is 6.26. The molecule has 24 heavy (non-hydrogen) atoms. The summed E-state index contributed by atoms with van der Waals surface area (Å²) in [7, 11) is 0. The number of hydrogen-bond donors (Lipinski definition) is 1. The molecular formula is C16H17N5OS2. The smallest absolute Gasteiger partial charge is 0.236 e. The standard InChI is InChI=1S/C16H17N5OS2/c1-9-19-11-5-4-10(6-13(11)24-9)21-14(17-8-18-21)12-7-23-16(2,3)15(22)20-12/h4-6,8,12H,7H2,1-3H3,(H,20,22)/t12-/m0/s1. The number of thioether (sulfide) groups is 1. The largest absolute Gasteiger partial charge is 0.344 e. The predicted octanol–water partition coefficient (Wildman–Crippen LogP) is 2.87. The van der Waals surface area contributed by atoms with Crippen LogP contribution < -0.4 is 5.32 Å². The number of carbonyl (C=O) groups excluding carboxylic acids is 1. The number of carbonyl (C=O) groups is 1. The Morgan fingerprint density at radius 2 is 2.21 bits per heavy atom. The fourth-order valence-electron chi connectivity index (χ4n) is 2.72. The first kappa shape index (κ1) is 15.6. The van der Waals surface area contributed by atoms with Crippen LogP contribution in [-0.4, -0.2) is 36.2 Å². The molecular weight excluding hydrogens is 342 g/mol. The van der Waals surface area contributed by atoms with Gasteiger partial charge in [-0.05, 0) is 39.0 Å². The van der Waals surface area contributed by atoms with Crippen molar-refractivity contribution in [2.75, 3.05) is 5.75 Å². The van der Waals surface area contributed by atoms with E-state index in [0.29, 0.717) is 0 Å². The molecule has 1 amide bonds. The highest BCUT2D eigenvalue weighted by Crippen LogP contribution is 2.34. The van der Waals surface area contributed by atoms with Gasteiger partial charge in [0.05, 0.1) is 31.7 Å². The molecule has 1 aromatic carbocycles. The van der Waals surface area contributed by atoms with Crippen molar-refractivity contribution in [1.82, 2.24) is 25.1 Å². The van der Waals surface area contributed by atoms with Crippen molar-refractivity contribution in [3.8, 4) is 5.69 Å². The summed E-state index contributed by atoms with van der Waals surface area (Å²) in [4.78, 5) is 21.1. The first-order valence-corrected chi connectivity index (χ1v) is 9.47. The van der Waals surface area contributed by atoms with E-state index in [9.17, 15) is 4.79 Å². The van der Waals surface area contributed by atoms with Crippen LogP contribution in [-0.2, 0) is 4.79 Å². The van der Waals surface area contributed by atoms with Crippen LogP contribution in [0.15, 0.2) is 24.5 Å². The van der Waals surface area contributed by atoms with Gasteiger partial charge in [0.1, 0.15) is 6.33 Å². The van der Waals surface area contributed by atoms with Crippen molar-refractivity contribution < 1.29 is 4.79 Å². The van der Waals surface area contributed by atoms with Crippen LogP contribution in [0.25, 0.3) is 15.9 Å². The Morgan fingerprint density at radius 1 is 1.38 bits per heavy atom. The molecule has 0 radical (unpaired) electrons. The highest BCUT2D eigenvalue weighted by Gasteiger charge is 2.37. The van der Waals surface area contributed by atoms with Crippen LogP contribution in [0.2, 0.25) is 0 Å². The molecule has 1 aliphatic rings. The van der Waals surface area contributed by atoms with Gasteiger partial charge < -0.3 is 5.32 Å². The van der Waals surface area contributed by atoms with E-state index in [0.717, 1.165) is 32.5 Å². The van der Waals surface area contributed by atoms with E-state index in [1.165, 1.54) is 6.33 Å². The Kier molecular flexibility index (Phi) is 3.61. The van der Waals surface area contributed by atoms with Crippen molar-refractivity contribution in [2.24, 2.45) is 0 Å². The number of aryl methyl sites for hydroxylation is 1. The summed E-state index contributed by atoms with van der Waals surface area (Å²) in [6, 6.07) is 5.91. The molecule has 1 aliphatic heterocycles. The third-order valence-corrected chi connectivity index (χ3v) is 6.41. The Morgan fingerprint density at radius 3 is 3.00 bits per heavy atom. The minimum Gasteiger partial charge on any atom is -0.344 e. The van der Waals surface area contributed by atoms with Crippen molar-refractivity contribution in [1.29, 1.82) is 0 Å². The molecule has 6 nitrogen and oxygen atoms in total. The maximum absolute atomic E-state index is 12.3. The van der Waals surface area contributed by atoms with E-state index in [-0.39, 0.29) is 11.9 Å². The maximum Gasteiger partial charge on any atom is 0.236 e. The third-order valence-electron chi connectivity index (χ3n) is 4.07. The van der Waals surface area contributed by atoms with E-state index in [4.69, 9.17) is 0 Å². The van der Waals surface area contributed by atoms with Gasteiger partial charge in [0.2, 0.25) is 5.91 Å². The van der Waals surface area contributed by atoms with Gasteiger partial charge in [-0.1, -0.05) is 0 Å². The minimum atomic E-state index is -0.402. The number of amides is 1. The molecule has 124 valence electrons. The van der Waals surface area contributed by atoms with E-state index in [1.54, 1.807) is 27.8 Å². The second kappa shape index (κ2) is 5.56. The number of benzene rings is 1. The fraction of sp³-hybridized carbons (Fsp3) is 0.375. The number of nitrogens with one attached hydrogen (secondary N) is 1. The van der Waals surface area contributed by atoms with Gasteiger partial charge in [-0.3, -0.25) is 4.79 Å². The maximum atomic E-state index is 12.3. The lowest BCUT2D eigenvalue weighted by atomic mass is 10.1. The summed E-state index contributed by atoms with van der Waals surface area (Å²) < 4.78 is 2.52. The van der Waals surface area contributed by atoms with Crippen LogP contribution in [0.1, 0.15) is 30.7 Å². The van der Waals surface area contributed by atoms with Crippen LogP contribution in [0.4, 0.5) is 0 Å². The monoisotopic (exact) mass is 359 g/mol. The molecule has 3 aromatic rings.